The van der Waals surface area contributed by atoms with Gasteiger partial charge in [-0.15, -0.1) is 0 Å². The molecule has 0 radical (unpaired) electrons. The minimum Gasteiger partial charge on any atom is -0.497 e. The van der Waals surface area contributed by atoms with Crippen LogP contribution in [0.25, 0.3) is 11.3 Å². The van der Waals surface area contributed by atoms with Crippen LogP contribution in [0.1, 0.15) is 51.9 Å². The molecule has 1 saturated carbocycles. The van der Waals surface area contributed by atoms with Crippen LogP contribution in [0.2, 0.25) is 0 Å². The lowest BCUT2D eigenvalue weighted by Crippen LogP contribution is -2.47. The number of methoxy groups -OCH3 is 2. The number of esters is 1. The summed E-state index contributed by atoms with van der Waals surface area (Å²) in [6.45, 7) is 2.55. The molecule has 2 aromatic rings. The molecular weight excluding hydrogens is 552 g/mol. The maximum atomic E-state index is 13.7. The molecule has 1 aliphatic heterocycles. The second-order valence-corrected chi connectivity index (χ2v) is 10.8. The van der Waals surface area contributed by atoms with E-state index in [2.05, 4.69) is 21.4 Å². The van der Waals surface area contributed by atoms with Crippen LogP contribution >= 0.6 is 0 Å². The Morgan fingerprint density at radius 3 is 2.47 bits per heavy atom. The normalized spacial score (nSPS) is 23.4. The molecule has 43 heavy (non-hydrogen) atoms. The fourth-order valence-corrected chi connectivity index (χ4v) is 5.56. The lowest BCUT2D eigenvalue weighted by molar-refractivity contribution is -0.148. The first-order chi connectivity index (χ1) is 20.8. The van der Waals surface area contributed by atoms with Crippen molar-refractivity contribution in [2.24, 2.45) is 11.8 Å². The topological polar surface area (TPSA) is 129 Å². The average Bonchev–Trinajstić information content (AvgIpc) is 3.44. The van der Waals surface area contributed by atoms with Crippen molar-refractivity contribution in [2.75, 3.05) is 34.4 Å². The molecule has 1 aliphatic carbocycles. The Labute approximate surface area is 253 Å². The van der Waals surface area contributed by atoms with Crippen LogP contribution in [0, 0.1) is 11.8 Å². The number of ether oxygens (including phenoxy) is 4. The lowest BCUT2D eigenvalue weighted by atomic mass is 9.93. The highest BCUT2D eigenvalue weighted by Gasteiger charge is 2.45. The van der Waals surface area contributed by atoms with Crippen molar-refractivity contribution in [3.8, 4) is 28.9 Å². The fourth-order valence-electron chi connectivity index (χ4n) is 5.56. The van der Waals surface area contributed by atoms with Gasteiger partial charge in [-0.2, -0.15) is 9.97 Å². The van der Waals surface area contributed by atoms with E-state index in [0.29, 0.717) is 31.5 Å². The van der Waals surface area contributed by atoms with Gasteiger partial charge < -0.3 is 29.2 Å². The highest BCUT2D eigenvalue weighted by atomic mass is 16.5. The van der Waals surface area contributed by atoms with E-state index < -0.39 is 30.0 Å². The summed E-state index contributed by atoms with van der Waals surface area (Å²) in [5.74, 6) is -1.22. The quantitative estimate of drug-likeness (QED) is 0.374. The van der Waals surface area contributed by atoms with Crippen LogP contribution in [0.3, 0.4) is 0 Å². The van der Waals surface area contributed by atoms with Gasteiger partial charge >= 0.3 is 12.0 Å². The van der Waals surface area contributed by atoms with E-state index in [4.69, 9.17) is 18.9 Å². The summed E-state index contributed by atoms with van der Waals surface area (Å²) in [5.41, 5.74) is 1.41. The van der Waals surface area contributed by atoms with Crippen LogP contribution in [0.4, 0.5) is 0 Å². The molecule has 1 aromatic heterocycles. The number of hydrogen-bond donors (Lipinski definition) is 1. The van der Waals surface area contributed by atoms with Crippen molar-refractivity contribution in [2.45, 2.75) is 64.0 Å². The minimum absolute atomic E-state index is 0.108. The third-order valence-electron chi connectivity index (χ3n) is 7.88. The Hall–Kier alpha value is -4.15. The van der Waals surface area contributed by atoms with Crippen molar-refractivity contribution in [3.05, 3.63) is 42.5 Å². The number of allylic oxidation sites excluding steroid dienone is 2. The first-order valence-corrected chi connectivity index (χ1v) is 14.9. The third kappa shape index (κ3) is 8.46. The van der Waals surface area contributed by atoms with Gasteiger partial charge in [0.1, 0.15) is 17.9 Å². The SMILES string of the molecule is CCOC(=O)C1CCC=CCCCCN(C)C(=O)C2CC(Oc3cc(-c4ccc(OC)cc4)nc(OC)n3)CC2C(=O)N1. The Bertz CT molecular complexity index is 1280. The number of amides is 2. The van der Waals surface area contributed by atoms with Crippen molar-refractivity contribution in [1.82, 2.24) is 20.2 Å². The van der Waals surface area contributed by atoms with E-state index in [1.165, 1.54) is 7.11 Å². The van der Waals surface area contributed by atoms with Gasteiger partial charge in [0.25, 0.3) is 0 Å². The molecule has 2 heterocycles. The van der Waals surface area contributed by atoms with E-state index in [-0.39, 0.29) is 36.7 Å². The molecule has 1 aromatic carbocycles. The van der Waals surface area contributed by atoms with E-state index >= 15 is 0 Å². The average molecular weight is 595 g/mol. The van der Waals surface area contributed by atoms with Crippen LogP contribution in [0.5, 0.6) is 17.6 Å². The second-order valence-electron chi connectivity index (χ2n) is 10.8. The predicted octanol–water partition coefficient (Wildman–Crippen LogP) is 3.96. The van der Waals surface area contributed by atoms with Gasteiger partial charge in [-0.25, -0.2) is 4.79 Å². The maximum Gasteiger partial charge on any atom is 0.328 e. The number of nitrogens with one attached hydrogen (secondary N) is 1. The minimum atomic E-state index is -0.797. The van der Waals surface area contributed by atoms with E-state index in [9.17, 15) is 14.4 Å². The summed E-state index contributed by atoms with van der Waals surface area (Å²) < 4.78 is 22.1. The zero-order valence-corrected chi connectivity index (χ0v) is 25.4. The molecule has 11 nitrogen and oxygen atoms in total. The van der Waals surface area contributed by atoms with Gasteiger partial charge in [0, 0.05) is 25.2 Å². The molecule has 4 unspecified atom stereocenters. The van der Waals surface area contributed by atoms with Crippen molar-refractivity contribution in [1.29, 1.82) is 0 Å². The predicted molar refractivity (Wildman–Crippen MR) is 160 cm³/mol. The van der Waals surface area contributed by atoms with Crippen LogP contribution in [-0.4, -0.2) is 79.2 Å². The molecule has 1 N–H and O–H groups in total. The van der Waals surface area contributed by atoms with Crippen LogP contribution in [-0.2, 0) is 19.1 Å². The van der Waals surface area contributed by atoms with Gasteiger partial charge in [-0.1, -0.05) is 12.2 Å². The highest BCUT2D eigenvalue weighted by Crippen LogP contribution is 2.37. The van der Waals surface area contributed by atoms with Gasteiger partial charge in [0.05, 0.1) is 38.4 Å². The first-order valence-electron chi connectivity index (χ1n) is 14.9. The van der Waals surface area contributed by atoms with Crippen molar-refractivity contribution in [3.63, 3.8) is 0 Å². The summed E-state index contributed by atoms with van der Waals surface area (Å²) in [5, 5.41) is 2.89. The molecule has 2 aliphatic rings. The van der Waals surface area contributed by atoms with Crippen LogP contribution < -0.4 is 19.5 Å². The molecule has 0 bridgehead atoms. The second kappa shape index (κ2) is 15.4. The van der Waals surface area contributed by atoms with Crippen molar-refractivity contribution < 1.29 is 33.3 Å². The van der Waals surface area contributed by atoms with E-state index in [0.717, 1.165) is 30.6 Å². The van der Waals surface area contributed by atoms with Gasteiger partial charge in [0.15, 0.2) is 0 Å². The molecule has 11 heteroatoms. The summed E-state index contributed by atoms with van der Waals surface area (Å²) in [7, 11) is 4.86. The Balaban J connectivity index is 1.58. The number of nitrogens with zero attached hydrogens (tertiary/aromatic N) is 3. The third-order valence-corrected chi connectivity index (χ3v) is 7.88. The molecule has 4 rings (SSSR count). The molecular formula is C32H42N4O7. The molecule has 232 valence electrons. The van der Waals surface area contributed by atoms with Gasteiger partial charge in [-0.05, 0) is 76.1 Å². The summed E-state index contributed by atoms with van der Waals surface area (Å²) in [6.07, 6.45) is 8.01. The van der Waals surface area contributed by atoms with Gasteiger partial charge in [-0.3, -0.25) is 9.59 Å². The summed E-state index contributed by atoms with van der Waals surface area (Å²) in [6, 6.07) is 8.47. The van der Waals surface area contributed by atoms with Gasteiger partial charge in [0.2, 0.25) is 17.7 Å². The zero-order valence-electron chi connectivity index (χ0n) is 25.4. The lowest BCUT2D eigenvalue weighted by Gasteiger charge is -2.25. The first kappa shape index (κ1) is 31.8. The maximum absolute atomic E-state index is 13.7. The van der Waals surface area contributed by atoms with E-state index in [1.54, 1.807) is 32.0 Å². The largest absolute Gasteiger partial charge is 0.497 e. The molecule has 1 fully saturated rings. The fraction of sp³-hybridized carbons (Fsp3) is 0.531. The molecule has 4 atom stereocenters. The highest BCUT2D eigenvalue weighted by molar-refractivity contribution is 5.91. The number of aromatic nitrogens is 2. The smallest absolute Gasteiger partial charge is 0.328 e. The number of carbonyl (C=O) groups excluding carboxylic acids is 3. The summed E-state index contributed by atoms with van der Waals surface area (Å²) >= 11 is 0. The number of benzene rings is 1. The number of fused-ring (bicyclic) bond motifs is 1. The zero-order chi connectivity index (χ0) is 30.8. The number of hydrogen-bond acceptors (Lipinski definition) is 9. The Morgan fingerprint density at radius 2 is 1.74 bits per heavy atom. The standard InChI is InChI=1S/C32H42N4O7/c1-5-42-31(39)26-12-10-8-6-7-9-11-17-36(2)30(38)25-19-23(18-24(25)29(37)33-26)43-28-20-27(34-32(35-28)41-4)21-13-15-22(40-3)16-14-21/h6,8,13-16,20,23-26H,5,7,9-12,17-19H2,1-4H3,(H,33,37). The Kier molecular flexibility index (Phi) is 11.4. The Morgan fingerprint density at radius 1 is 1.00 bits per heavy atom. The summed E-state index contributed by atoms with van der Waals surface area (Å²) in [4.78, 5) is 50.6. The number of carbonyl (C=O) groups is 3. The number of rotatable bonds is 7. The monoisotopic (exact) mass is 594 g/mol. The van der Waals surface area contributed by atoms with Crippen LogP contribution in [0.15, 0.2) is 42.5 Å². The molecule has 0 spiro atoms. The molecule has 0 saturated heterocycles. The van der Waals surface area contributed by atoms with E-state index in [1.807, 2.05) is 30.3 Å². The van der Waals surface area contributed by atoms with Crippen molar-refractivity contribution >= 4 is 17.8 Å². The molecule has 2 amide bonds.